The Labute approximate surface area is 133 Å². The summed E-state index contributed by atoms with van der Waals surface area (Å²) in [6.07, 6.45) is -2.94. The fourth-order valence-corrected chi connectivity index (χ4v) is 3.53. The maximum absolute atomic E-state index is 13.2. The van der Waals surface area contributed by atoms with Crippen LogP contribution in [0.1, 0.15) is 18.4 Å². The second-order valence-corrected chi connectivity index (χ2v) is 7.46. The zero-order chi connectivity index (χ0) is 17.4. The molecule has 1 saturated heterocycles. The molecule has 130 valence electrons. The van der Waals surface area contributed by atoms with Gasteiger partial charge in [-0.05, 0) is 45.1 Å². The van der Waals surface area contributed by atoms with Gasteiger partial charge in [-0.1, -0.05) is 0 Å². The molecule has 1 aliphatic rings. The van der Waals surface area contributed by atoms with Crippen LogP contribution in [0, 0.1) is 0 Å². The third kappa shape index (κ3) is 4.15. The van der Waals surface area contributed by atoms with E-state index in [0.717, 1.165) is 25.0 Å². The summed E-state index contributed by atoms with van der Waals surface area (Å²) in [5.74, 6) is 0. The zero-order valence-corrected chi connectivity index (χ0v) is 13.8. The zero-order valence-electron chi connectivity index (χ0n) is 13.0. The Bertz CT molecular complexity index is 674. The third-order valence-corrected chi connectivity index (χ3v) is 5.04. The molecule has 1 fully saturated rings. The number of sulfonamides is 1. The average Bonchev–Trinajstić information content (AvgIpc) is 2.45. The van der Waals surface area contributed by atoms with Crippen molar-refractivity contribution in [3.8, 4) is 0 Å². The van der Waals surface area contributed by atoms with Crippen LogP contribution in [0.5, 0.6) is 0 Å². The van der Waals surface area contributed by atoms with Crippen molar-refractivity contribution in [2.75, 3.05) is 32.1 Å². The Morgan fingerprint density at radius 3 is 2.48 bits per heavy atom. The molecule has 0 spiro atoms. The summed E-state index contributed by atoms with van der Waals surface area (Å²) < 4.78 is 62.3. The number of rotatable bonds is 3. The fraction of sp³-hybridized carbons (Fsp3) is 0.571. The van der Waals surface area contributed by atoms with Crippen molar-refractivity contribution in [2.24, 2.45) is 5.14 Å². The molecular formula is C14H20F3N3O2S. The second-order valence-electron chi connectivity index (χ2n) is 5.93. The molecule has 0 aromatic heterocycles. The van der Waals surface area contributed by atoms with Crippen molar-refractivity contribution in [3.63, 3.8) is 0 Å². The Morgan fingerprint density at radius 1 is 1.30 bits per heavy atom. The molecule has 0 aliphatic carbocycles. The SMILES string of the molecule is CN(C)C1CCCN(c2ccc(S(N)(=O)=O)c(C(F)(F)F)c2)C1. The predicted octanol–water partition coefficient (Wildman–Crippen LogP) is 1.88. The topological polar surface area (TPSA) is 66.6 Å². The van der Waals surface area contributed by atoms with Gasteiger partial charge >= 0.3 is 6.18 Å². The van der Waals surface area contributed by atoms with E-state index in [-0.39, 0.29) is 6.04 Å². The summed E-state index contributed by atoms with van der Waals surface area (Å²) in [6, 6.07) is 3.44. The quantitative estimate of drug-likeness (QED) is 0.903. The summed E-state index contributed by atoms with van der Waals surface area (Å²) >= 11 is 0. The van der Waals surface area contributed by atoms with Crippen LogP contribution in [-0.4, -0.2) is 46.5 Å². The molecular weight excluding hydrogens is 331 g/mol. The monoisotopic (exact) mass is 351 g/mol. The normalized spacial score (nSPS) is 20.1. The van der Waals surface area contributed by atoms with Gasteiger partial charge in [-0.25, -0.2) is 13.6 Å². The van der Waals surface area contributed by atoms with E-state index >= 15 is 0 Å². The number of halogens is 3. The predicted molar refractivity (Wildman–Crippen MR) is 81.7 cm³/mol. The Hall–Kier alpha value is -1.32. The van der Waals surface area contributed by atoms with Crippen LogP contribution < -0.4 is 10.0 Å². The summed E-state index contributed by atoms with van der Waals surface area (Å²) in [6.45, 7) is 1.23. The van der Waals surface area contributed by atoms with Gasteiger partial charge in [0, 0.05) is 24.8 Å². The van der Waals surface area contributed by atoms with Crippen molar-refractivity contribution in [3.05, 3.63) is 23.8 Å². The van der Waals surface area contributed by atoms with Crippen molar-refractivity contribution >= 4 is 15.7 Å². The first-order valence-electron chi connectivity index (χ1n) is 7.15. The van der Waals surface area contributed by atoms with Gasteiger partial charge < -0.3 is 9.80 Å². The lowest BCUT2D eigenvalue weighted by Gasteiger charge is -2.37. The minimum absolute atomic E-state index is 0.246. The third-order valence-electron chi connectivity index (χ3n) is 4.07. The van der Waals surface area contributed by atoms with Crippen LogP contribution in [0.2, 0.25) is 0 Å². The highest BCUT2D eigenvalue weighted by Gasteiger charge is 2.37. The molecule has 0 radical (unpaired) electrons. The minimum Gasteiger partial charge on any atom is -0.370 e. The fourth-order valence-electron chi connectivity index (χ4n) is 2.80. The largest absolute Gasteiger partial charge is 0.417 e. The molecule has 1 aliphatic heterocycles. The van der Waals surface area contributed by atoms with Gasteiger partial charge in [0.15, 0.2) is 0 Å². The number of anilines is 1. The summed E-state index contributed by atoms with van der Waals surface area (Å²) in [4.78, 5) is 2.99. The molecule has 2 rings (SSSR count). The molecule has 0 bridgehead atoms. The van der Waals surface area contributed by atoms with Gasteiger partial charge in [-0.15, -0.1) is 0 Å². The van der Waals surface area contributed by atoms with Crippen LogP contribution >= 0.6 is 0 Å². The van der Waals surface area contributed by atoms with E-state index in [0.29, 0.717) is 18.8 Å². The molecule has 0 saturated carbocycles. The molecule has 1 unspecified atom stereocenters. The summed E-state index contributed by atoms with van der Waals surface area (Å²) in [7, 11) is -0.575. The summed E-state index contributed by atoms with van der Waals surface area (Å²) in [5, 5.41) is 4.90. The molecule has 1 aromatic carbocycles. The van der Waals surface area contributed by atoms with E-state index in [1.54, 1.807) is 0 Å². The van der Waals surface area contributed by atoms with Crippen molar-refractivity contribution in [1.29, 1.82) is 0 Å². The Morgan fingerprint density at radius 2 is 1.96 bits per heavy atom. The smallest absolute Gasteiger partial charge is 0.370 e. The number of primary sulfonamides is 1. The minimum atomic E-state index is -4.78. The van der Waals surface area contributed by atoms with Gasteiger partial charge in [0.2, 0.25) is 10.0 Å². The number of likely N-dealkylation sites (N-methyl/N-ethyl adjacent to an activating group) is 1. The lowest BCUT2D eigenvalue weighted by Crippen LogP contribution is -2.45. The van der Waals surface area contributed by atoms with Crippen LogP contribution in [0.4, 0.5) is 18.9 Å². The van der Waals surface area contributed by atoms with E-state index in [1.165, 1.54) is 6.07 Å². The van der Waals surface area contributed by atoms with Gasteiger partial charge in [-0.2, -0.15) is 13.2 Å². The first kappa shape index (κ1) is 18.0. The van der Waals surface area contributed by atoms with Crippen molar-refractivity contribution < 1.29 is 21.6 Å². The van der Waals surface area contributed by atoms with Gasteiger partial charge in [0.25, 0.3) is 0 Å². The average molecular weight is 351 g/mol. The highest BCUT2D eigenvalue weighted by molar-refractivity contribution is 7.89. The number of hydrogen-bond donors (Lipinski definition) is 1. The molecule has 1 heterocycles. The summed E-state index contributed by atoms with van der Waals surface area (Å²) in [5.41, 5.74) is -0.860. The molecule has 2 N–H and O–H groups in total. The number of nitrogens with zero attached hydrogens (tertiary/aromatic N) is 2. The number of benzene rings is 1. The first-order chi connectivity index (χ1) is 10.5. The number of alkyl halides is 3. The molecule has 1 atom stereocenters. The van der Waals surface area contributed by atoms with E-state index < -0.39 is 26.7 Å². The Kier molecular flexibility index (Phi) is 4.93. The van der Waals surface area contributed by atoms with Gasteiger partial charge in [-0.3, -0.25) is 0 Å². The molecule has 5 nitrogen and oxygen atoms in total. The van der Waals surface area contributed by atoms with Gasteiger partial charge in [0.05, 0.1) is 10.5 Å². The number of hydrogen-bond acceptors (Lipinski definition) is 4. The molecule has 23 heavy (non-hydrogen) atoms. The standard InChI is InChI=1S/C14H20F3N3O2S/c1-19(2)11-4-3-7-20(9-11)10-5-6-13(23(18,21)22)12(8-10)14(15,16)17/h5-6,8,11H,3-4,7,9H2,1-2H3,(H2,18,21,22). The van der Waals surface area contributed by atoms with Gasteiger partial charge in [0.1, 0.15) is 0 Å². The van der Waals surface area contributed by atoms with E-state index in [4.69, 9.17) is 5.14 Å². The van der Waals surface area contributed by atoms with Crippen molar-refractivity contribution in [2.45, 2.75) is 30.0 Å². The maximum Gasteiger partial charge on any atom is 0.417 e. The lowest BCUT2D eigenvalue weighted by molar-refractivity contribution is -0.139. The maximum atomic E-state index is 13.2. The van der Waals surface area contributed by atoms with E-state index in [2.05, 4.69) is 0 Å². The molecule has 9 heteroatoms. The highest BCUT2D eigenvalue weighted by Crippen LogP contribution is 2.36. The number of piperidine rings is 1. The van der Waals surface area contributed by atoms with E-state index in [1.807, 2.05) is 23.9 Å². The van der Waals surface area contributed by atoms with Crippen molar-refractivity contribution in [1.82, 2.24) is 4.90 Å². The first-order valence-corrected chi connectivity index (χ1v) is 8.70. The van der Waals surface area contributed by atoms with Crippen LogP contribution in [0.25, 0.3) is 0 Å². The Balaban J connectivity index is 2.42. The highest BCUT2D eigenvalue weighted by atomic mass is 32.2. The molecule has 1 aromatic rings. The van der Waals surface area contributed by atoms with E-state index in [9.17, 15) is 21.6 Å². The van der Waals surface area contributed by atoms with Crippen LogP contribution in [0.3, 0.4) is 0 Å². The number of nitrogens with two attached hydrogens (primary N) is 1. The second kappa shape index (κ2) is 6.29. The molecule has 0 amide bonds. The van der Waals surface area contributed by atoms with Crippen LogP contribution in [-0.2, 0) is 16.2 Å². The lowest BCUT2D eigenvalue weighted by atomic mass is 10.0. The van der Waals surface area contributed by atoms with Crippen LogP contribution in [0.15, 0.2) is 23.1 Å².